The number of rotatable bonds is 19. The van der Waals surface area contributed by atoms with Crippen molar-refractivity contribution in [3.05, 3.63) is 313 Å². The third kappa shape index (κ3) is 11.5. The quantitative estimate of drug-likeness (QED) is 0.0593. The minimum absolute atomic E-state index is 0.206. The van der Waals surface area contributed by atoms with Crippen LogP contribution in [-0.4, -0.2) is 32.1 Å². The first-order valence-electron chi connectivity index (χ1n) is 34.1. The Hall–Kier alpha value is -8.96. The summed E-state index contributed by atoms with van der Waals surface area (Å²) in [6.07, 6.45) is 29.8. The highest BCUT2D eigenvalue weighted by Crippen LogP contribution is 2.58. The number of aromatic nitrogens is 1. The van der Waals surface area contributed by atoms with Crippen molar-refractivity contribution in [3.8, 4) is 22.6 Å². The van der Waals surface area contributed by atoms with Gasteiger partial charge in [-0.2, -0.15) is 0 Å². The lowest BCUT2D eigenvalue weighted by atomic mass is 9.68. The van der Waals surface area contributed by atoms with Crippen LogP contribution in [0.15, 0.2) is 279 Å². The third-order valence-corrected chi connectivity index (χ3v) is 24.1. The van der Waals surface area contributed by atoms with Crippen molar-refractivity contribution in [3.63, 3.8) is 0 Å². The molecule has 5 aliphatic carbocycles. The van der Waals surface area contributed by atoms with Gasteiger partial charge in [0.2, 0.25) is 0 Å². The normalized spacial score (nSPS) is 20.8. The smallest absolute Gasteiger partial charge is 0.119 e. The highest BCUT2D eigenvalue weighted by Gasteiger charge is 2.48. The molecule has 1 aromatic heterocycles. The SMILES string of the molecule is C=CC1=CC=C(c2ccc3cc(OCC[SiH](C)CCCC4(c5ccccc5)C5=CC(N(c6ccc(-c7ccc8c(c7)c7cc(C9=CCC(C=C)CC9)ccc7n8-c7ccccc7)cc6)C6CCC(c7ccccc7)CC6)CC=C5c5ccccc54)ccc3c2)CC1. The average Bonchev–Trinajstić information content (AvgIpc) is 1.57. The predicted octanol–water partition coefficient (Wildman–Crippen LogP) is 22.6. The lowest BCUT2D eigenvalue weighted by Crippen LogP contribution is -2.45. The summed E-state index contributed by atoms with van der Waals surface area (Å²) >= 11 is 0. The van der Waals surface area contributed by atoms with E-state index < -0.39 is 8.80 Å². The fraction of sp³-hybridized carbons (Fsp3) is 0.241. The predicted molar refractivity (Wildman–Crippen MR) is 391 cm³/mol. The maximum Gasteiger partial charge on any atom is 0.119 e. The second kappa shape index (κ2) is 25.7. The van der Waals surface area contributed by atoms with E-state index in [1.807, 2.05) is 6.08 Å². The maximum atomic E-state index is 6.57. The van der Waals surface area contributed by atoms with Gasteiger partial charge >= 0.3 is 0 Å². The molecule has 5 aliphatic rings. The first kappa shape index (κ1) is 58.4. The minimum atomic E-state index is -1.11. The van der Waals surface area contributed by atoms with Crippen LogP contribution in [0.3, 0.4) is 0 Å². The highest BCUT2D eigenvalue weighted by molar-refractivity contribution is 6.57. The van der Waals surface area contributed by atoms with Crippen LogP contribution in [-0.2, 0) is 5.41 Å². The van der Waals surface area contributed by atoms with Crippen LogP contribution < -0.4 is 9.64 Å². The Bertz CT molecular complexity index is 4500. The molecule has 0 saturated heterocycles. The van der Waals surface area contributed by atoms with Crippen LogP contribution in [0.5, 0.6) is 5.75 Å². The average molecular weight is 1200 g/mol. The first-order chi connectivity index (χ1) is 44.9. The van der Waals surface area contributed by atoms with E-state index in [1.54, 1.807) is 0 Å². The van der Waals surface area contributed by atoms with E-state index in [2.05, 4.69) is 278 Å². The molecule has 91 heavy (non-hydrogen) atoms. The topological polar surface area (TPSA) is 17.4 Å². The molecule has 0 bridgehead atoms. The number of ether oxygens (including phenoxy) is 1. The standard InChI is InChI=1S/C87H84N2OSi/c1-4-61-26-30-65(31-27-61)68-34-35-70-57-78(48-40-69(70)56-68)90-53-55-91(3)54-17-52-87(73-20-11-7-12-21-73)83-25-16-15-24-79(83)80-49-47-77(60-84(80)87)88(75-43-36-64(37-44-75)63-18-9-6-10-19-63)76-45-38-67(39-46-76)72-42-51-86-82(59-72)81-58-71(66-32-28-62(5-2)29-33-66)41-50-85(81)89(86)74-22-13-8-14-23-74/h4-16,18-26,30,32,34-35,38-42,45-46,48-51,56-60,62,64,75,77,91H,1-2,17,27-29,31,33,36-37,43-44,47,52-55H2,3H3. The van der Waals surface area contributed by atoms with Crippen molar-refractivity contribution in [2.75, 3.05) is 11.5 Å². The Morgan fingerprint density at radius 1 is 0.593 bits per heavy atom. The van der Waals surface area contributed by atoms with Crippen LogP contribution in [0.4, 0.5) is 5.69 Å². The molecule has 3 nitrogen and oxygen atoms in total. The molecule has 0 spiro atoms. The summed E-state index contributed by atoms with van der Waals surface area (Å²) in [5.41, 5.74) is 22.8. The van der Waals surface area contributed by atoms with Gasteiger partial charge in [0.05, 0.1) is 23.7 Å². The summed E-state index contributed by atoms with van der Waals surface area (Å²) in [4.78, 5) is 2.88. The Balaban J connectivity index is 0.721. The first-order valence-corrected chi connectivity index (χ1v) is 36.8. The summed E-state index contributed by atoms with van der Waals surface area (Å²) in [6, 6.07) is 83.9. The summed E-state index contributed by atoms with van der Waals surface area (Å²) in [5.74, 6) is 2.13. The van der Waals surface area contributed by atoms with Crippen molar-refractivity contribution in [1.82, 2.24) is 4.57 Å². The summed E-state index contributed by atoms with van der Waals surface area (Å²) in [5, 5.41) is 5.09. The number of hydrogen-bond donors (Lipinski definition) is 0. The molecule has 1 saturated carbocycles. The van der Waals surface area contributed by atoms with E-state index in [-0.39, 0.29) is 11.5 Å². The van der Waals surface area contributed by atoms with E-state index in [1.165, 1.54) is 154 Å². The fourth-order valence-corrected chi connectivity index (χ4v) is 18.2. The van der Waals surface area contributed by atoms with Gasteiger partial charge in [0.1, 0.15) is 5.75 Å². The molecular formula is C87H84N2OSi. The van der Waals surface area contributed by atoms with Gasteiger partial charge in [-0.05, 0) is 238 Å². The summed E-state index contributed by atoms with van der Waals surface area (Å²) in [7, 11) is -1.11. The number of allylic oxidation sites excluding steroid dienone is 10. The van der Waals surface area contributed by atoms with Gasteiger partial charge in [-0.25, -0.2) is 0 Å². The van der Waals surface area contributed by atoms with Gasteiger partial charge < -0.3 is 14.2 Å². The number of anilines is 1. The molecule has 10 aromatic rings. The molecule has 0 N–H and O–H groups in total. The minimum Gasteiger partial charge on any atom is -0.494 e. The molecule has 15 rings (SSSR count). The molecule has 0 radical (unpaired) electrons. The van der Waals surface area contributed by atoms with Crippen LogP contribution in [0.2, 0.25) is 18.6 Å². The molecule has 4 atom stereocenters. The fourth-order valence-electron chi connectivity index (χ4n) is 16.5. The zero-order valence-electron chi connectivity index (χ0n) is 53.0. The highest BCUT2D eigenvalue weighted by atomic mass is 28.3. The third-order valence-electron chi connectivity index (χ3n) is 21.5. The van der Waals surface area contributed by atoms with Crippen molar-refractivity contribution >= 4 is 63.8 Å². The number of para-hydroxylation sites is 1. The zero-order valence-corrected chi connectivity index (χ0v) is 54.1. The second-order valence-electron chi connectivity index (χ2n) is 26.8. The van der Waals surface area contributed by atoms with Crippen LogP contribution in [0.1, 0.15) is 116 Å². The van der Waals surface area contributed by atoms with Gasteiger partial charge in [0, 0.05) is 42.4 Å². The Morgan fingerprint density at radius 2 is 1.27 bits per heavy atom. The number of benzene rings is 9. The Labute approximate surface area is 541 Å². The van der Waals surface area contributed by atoms with Gasteiger partial charge in [0.15, 0.2) is 0 Å². The summed E-state index contributed by atoms with van der Waals surface area (Å²) in [6.45, 7) is 11.4. The molecule has 4 heteroatoms. The number of fused-ring (bicyclic) bond motifs is 7. The van der Waals surface area contributed by atoms with E-state index in [9.17, 15) is 0 Å². The molecule has 9 aromatic carbocycles. The van der Waals surface area contributed by atoms with Crippen LogP contribution in [0, 0.1) is 5.92 Å². The Morgan fingerprint density at radius 3 is 2.01 bits per heavy atom. The summed E-state index contributed by atoms with van der Waals surface area (Å²) < 4.78 is 9.03. The molecule has 1 fully saturated rings. The zero-order chi connectivity index (χ0) is 61.3. The Kier molecular flexibility index (Phi) is 16.5. The number of nitrogens with zero attached hydrogens (tertiary/aromatic N) is 2. The monoisotopic (exact) mass is 1200 g/mol. The van der Waals surface area contributed by atoms with Crippen LogP contribution >= 0.6 is 0 Å². The molecule has 452 valence electrons. The van der Waals surface area contributed by atoms with Gasteiger partial charge in [-0.1, -0.05) is 214 Å². The lowest BCUT2D eigenvalue weighted by Gasteiger charge is -2.44. The van der Waals surface area contributed by atoms with Crippen LogP contribution in [0.25, 0.3) is 66.1 Å². The molecule has 0 amide bonds. The van der Waals surface area contributed by atoms with Gasteiger partial charge in [-0.15, -0.1) is 6.58 Å². The number of hydrogen-bond acceptors (Lipinski definition) is 2. The molecule has 0 aliphatic heterocycles. The largest absolute Gasteiger partial charge is 0.494 e. The molecular weight excluding hydrogens is 1120 g/mol. The van der Waals surface area contributed by atoms with Gasteiger partial charge in [-0.3, -0.25) is 0 Å². The van der Waals surface area contributed by atoms with E-state index in [0.29, 0.717) is 17.9 Å². The molecule has 4 unspecified atom stereocenters. The maximum absolute atomic E-state index is 6.57. The molecule has 1 heterocycles. The van der Waals surface area contributed by atoms with Crippen molar-refractivity contribution < 1.29 is 4.74 Å². The van der Waals surface area contributed by atoms with Crippen molar-refractivity contribution in [2.24, 2.45) is 5.92 Å². The van der Waals surface area contributed by atoms with Gasteiger partial charge in [0.25, 0.3) is 0 Å². The van der Waals surface area contributed by atoms with Crippen molar-refractivity contribution in [2.45, 2.75) is 119 Å². The van der Waals surface area contributed by atoms with E-state index in [0.717, 1.165) is 63.3 Å². The van der Waals surface area contributed by atoms with Crippen molar-refractivity contribution in [1.29, 1.82) is 0 Å². The second-order valence-corrected chi connectivity index (χ2v) is 30.2. The van der Waals surface area contributed by atoms with E-state index >= 15 is 0 Å². The van der Waals surface area contributed by atoms with E-state index in [4.69, 9.17) is 4.74 Å². The lowest BCUT2D eigenvalue weighted by molar-refractivity contribution is 0.339.